The van der Waals surface area contributed by atoms with E-state index >= 15 is 0 Å². The highest BCUT2D eigenvalue weighted by molar-refractivity contribution is 9.10. The van der Waals surface area contributed by atoms with Crippen molar-refractivity contribution in [2.75, 3.05) is 11.9 Å². The number of amides is 1. The molecule has 0 spiro atoms. The molecule has 1 aromatic rings. The van der Waals surface area contributed by atoms with Crippen LogP contribution in [0.5, 0.6) is 0 Å². The molecule has 0 radical (unpaired) electrons. The average Bonchev–Trinajstić information content (AvgIpc) is 3.14. The molecule has 1 amide bonds. The lowest BCUT2D eigenvalue weighted by Crippen LogP contribution is -2.27. The predicted molar refractivity (Wildman–Crippen MR) is 72.9 cm³/mol. The van der Waals surface area contributed by atoms with Crippen LogP contribution in [0, 0.1) is 10.1 Å². The number of nitrogens with zero attached hydrogens (tertiary/aromatic N) is 2. The molecule has 0 atom stereocenters. The van der Waals surface area contributed by atoms with Crippen LogP contribution in [0.3, 0.4) is 0 Å². The highest BCUT2D eigenvalue weighted by Crippen LogP contribution is 2.25. The molecular formula is C11H13BrN4O3. The second kappa shape index (κ2) is 5.96. The van der Waals surface area contributed by atoms with Crippen LogP contribution in [0.2, 0.25) is 0 Å². The van der Waals surface area contributed by atoms with Gasteiger partial charge in [0, 0.05) is 35.7 Å². The third kappa shape index (κ3) is 4.16. The average molecular weight is 329 g/mol. The van der Waals surface area contributed by atoms with Gasteiger partial charge in [-0.05, 0) is 28.8 Å². The van der Waals surface area contributed by atoms with Gasteiger partial charge in [0.1, 0.15) is 0 Å². The fraction of sp³-hybridized carbons (Fsp3) is 0.455. The molecule has 1 fully saturated rings. The van der Waals surface area contributed by atoms with Crippen molar-refractivity contribution >= 4 is 33.3 Å². The molecule has 2 N–H and O–H groups in total. The summed E-state index contributed by atoms with van der Waals surface area (Å²) in [5, 5.41) is 16.5. The van der Waals surface area contributed by atoms with Gasteiger partial charge in [0.2, 0.25) is 11.7 Å². The van der Waals surface area contributed by atoms with Gasteiger partial charge in [0.05, 0.1) is 4.92 Å². The molecule has 0 saturated heterocycles. The summed E-state index contributed by atoms with van der Waals surface area (Å²) in [6.07, 6.45) is 3.82. The van der Waals surface area contributed by atoms with Crippen molar-refractivity contribution in [2.45, 2.75) is 25.3 Å². The van der Waals surface area contributed by atoms with E-state index in [4.69, 9.17) is 0 Å². The number of pyridine rings is 1. The molecule has 1 aromatic heterocycles. The first-order chi connectivity index (χ1) is 9.06. The molecule has 1 aliphatic carbocycles. The standard InChI is InChI=1S/C11H13BrN4O3/c12-7-5-9(16(18)19)11(14-6-7)13-4-3-10(17)15-8-1-2-8/h5-6,8H,1-4H2,(H,13,14)(H,15,17). The number of carbonyl (C=O) groups excluding carboxylic acids is 1. The number of carbonyl (C=O) groups is 1. The van der Waals surface area contributed by atoms with Crippen molar-refractivity contribution in [3.8, 4) is 0 Å². The van der Waals surface area contributed by atoms with E-state index in [0.29, 0.717) is 17.1 Å². The fourth-order valence-corrected chi connectivity index (χ4v) is 1.85. The summed E-state index contributed by atoms with van der Waals surface area (Å²) in [5.74, 6) is 0.127. The van der Waals surface area contributed by atoms with Crippen LogP contribution in [0.4, 0.5) is 11.5 Å². The highest BCUT2D eigenvalue weighted by Gasteiger charge is 2.23. The van der Waals surface area contributed by atoms with Crippen LogP contribution in [0.25, 0.3) is 0 Å². The van der Waals surface area contributed by atoms with Crippen LogP contribution in [0.1, 0.15) is 19.3 Å². The van der Waals surface area contributed by atoms with Gasteiger partial charge < -0.3 is 10.6 Å². The van der Waals surface area contributed by atoms with Gasteiger partial charge in [-0.3, -0.25) is 14.9 Å². The molecule has 0 aliphatic heterocycles. The Morgan fingerprint density at radius 3 is 2.95 bits per heavy atom. The number of nitrogens with one attached hydrogen (secondary N) is 2. The van der Waals surface area contributed by atoms with E-state index in [9.17, 15) is 14.9 Å². The predicted octanol–water partition coefficient (Wildman–Crippen LogP) is 1.83. The Hall–Kier alpha value is -1.70. The second-order valence-corrected chi connectivity index (χ2v) is 5.21. The maximum atomic E-state index is 11.4. The molecule has 1 heterocycles. The molecule has 7 nitrogen and oxygen atoms in total. The third-order valence-electron chi connectivity index (χ3n) is 2.62. The van der Waals surface area contributed by atoms with Gasteiger partial charge >= 0.3 is 5.69 Å². The van der Waals surface area contributed by atoms with Crippen molar-refractivity contribution in [1.82, 2.24) is 10.3 Å². The quantitative estimate of drug-likeness (QED) is 0.613. The fourth-order valence-electron chi connectivity index (χ4n) is 1.53. The van der Waals surface area contributed by atoms with E-state index in [1.54, 1.807) is 0 Å². The summed E-state index contributed by atoms with van der Waals surface area (Å²) < 4.78 is 0.538. The Kier molecular flexibility index (Phi) is 4.31. The molecule has 0 unspecified atom stereocenters. The monoisotopic (exact) mass is 328 g/mol. The Morgan fingerprint density at radius 1 is 1.58 bits per heavy atom. The third-order valence-corrected chi connectivity index (χ3v) is 3.05. The molecule has 2 rings (SSSR count). The summed E-state index contributed by atoms with van der Waals surface area (Å²) in [5.41, 5.74) is -0.114. The zero-order valence-corrected chi connectivity index (χ0v) is 11.6. The molecule has 19 heavy (non-hydrogen) atoms. The molecule has 0 bridgehead atoms. The minimum Gasteiger partial charge on any atom is -0.364 e. The Labute approximate surface area is 118 Å². The van der Waals surface area contributed by atoms with Gasteiger partial charge in [-0.1, -0.05) is 0 Å². The first kappa shape index (κ1) is 13.7. The first-order valence-corrected chi connectivity index (χ1v) is 6.68. The maximum absolute atomic E-state index is 11.4. The van der Waals surface area contributed by atoms with E-state index in [0.717, 1.165) is 12.8 Å². The first-order valence-electron chi connectivity index (χ1n) is 5.89. The minimum absolute atomic E-state index is 0.0465. The summed E-state index contributed by atoms with van der Waals surface area (Å²) in [4.78, 5) is 25.7. The van der Waals surface area contributed by atoms with Crippen LogP contribution >= 0.6 is 15.9 Å². The van der Waals surface area contributed by atoms with Crippen LogP contribution in [0.15, 0.2) is 16.7 Å². The topological polar surface area (TPSA) is 97.2 Å². The van der Waals surface area contributed by atoms with E-state index in [1.165, 1.54) is 12.3 Å². The lowest BCUT2D eigenvalue weighted by atomic mass is 10.3. The summed E-state index contributed by atoms with van der Waals surface area (Å²) >= 11 is 3.13. The summed E-state index contributed by atoms with van der Waals surface area (Å²) in [7, 11) is 0. The van der Waals surface area contributed by atoms with Gasteiger partial charge in [0.25, 0.3) is 0 Å². The van der Waals surface area contributed by atoms with Crippen LogP contribution in [-0.2, 0) is 4.79 Å². The van der Waals surface area contributed by atoms with Crippen molar-refractivity contribution < 1.29 is 9.72 Å². The Balaban J connectivity index is 1.87. The Morgan fingerprint density at radius 2 is 2.32 bits per heavy atom. The molecular weight excluding hydrogens is 316 g/mol. The smallest absolute Gasteiger partial charge is 0.312 e. The Bertz CT molecular complexity index is 505. The molecule has 102 valence electrons. The van der Waals surface area contributed by atoms with Gasteiger partial charge in [-0.25, -0.2) is 4.98 Å². The number of rotatable bonds is 6. The molecule has 1 aliphatic rings. The number of halogens is 1. The number of hydrogen-bond acceptors (Lipinski definition) is 5. The summed E-state index contributed by atoms with van der Waals surface area (Å²) in [6.45, 7) is 0.314. The zero-order chi connectivity index (χ0) is 13.8. The van der Waals surface area contributed by atoms with Crippen molar-refractivity contribution in [3.05, 3.63) is 26.9 Å². The maximum Gasteiger partial charge on any atom is 0.312 e. The lowest BCUT2D eigenvalue weighted by molar-refractivity contribution is -0.384. The summed E-state index contributed by atoms with van der Waals surface area (Å²) in [6, 6.07) is 1.70. The van der Waals surface area contributed by atoms with E-state index in [2.05, 4.69) is 31.5 Å². The van der Waals surface area contributed by atoms with Crippen molar-refractivity contribution in [1.29, 1.82) is 0 Å². The number of hydrogen-bond donors (Lipinski definition) is 2. The number of anilines is 1. The van der Waals surface area contributed by atoms with Crippen LogP contribution in [-0.4, -0.2) is 28.4 Å². The van der Waals surface area contributed by atoms with Crippen LogP contribution < -0.4 is 10.6 Å². The van der Waals surface area contributed by atoms with E-state index in [1.807, 2.05) is 0 Å². The molecule has 0 aromatic carbocycles. The zero-order valence-electron chi connectivity index (χ0n) is 10.1. The second-order valence-electron chi connectivity index (χ2n) is 4.30. The lowest BCUT2D eigenvalue weighted by Gasteiger charge is -2.06. The highest BCUT2D eigenvalue weighted by atomic mass is 79.9. The molecule has 1 saturated carbocycles. The van der Waals surface area contributed by atoms with E-state index < -0.39 is 4.92 Å². The SMILES string of the molecule is O=C(CCNc1ncc(Br)cc1[N+](=O)[O-])NC1CC1. The number of nitro groups is 1. The van der Waals surface area contributed by atoms with Crippen molar-refractivity contribution in [3.63, 3.8) is 0 Å². The minimum atomic E-state index is -0.510. The largest absolute Gasteiger partial charge is 0.364 e. The van der Waals surface area contributed by atoms with Gasteiger partial charge in [0.15, 0.2) is 0 Å². The van der Waals surface area contributed by atoms with Gasteiger partial charge in [-0.2, -0.15) is 0 Å². The van der Waals surface area contributed by atoms with Crippen molar-refractivity contribution in [2.24, 2.45) is 0 Å². The normalized spacial score (nSPS) is 13.9. The molecule has 8 heteroatoms. The van der Waals surface area contributed by atoms with E-state index in [-0.39, 0.29) is 23.8 Å². The number of aromatic nitrogens is 1. The van der Waals surface area contributed by atoms with Gasteiger partial charge in [-0.15, -0.1) is 0 Å².